The highest BCUT2D eigenvalue weighted by atomic mass is 19.2. The molecule has 0 aromatic carbocycles. The Labute approximate surface area is 52.8 Å². The van der Waals surface area contributed by atoms with Gasteiger partial charge in [-0.3, -0.25) is 5.43 Å². The van der Waals surface area contributed by atoms with Crippen LogP contribution in [0.15, 0.2) is 0 Å². The molecule has 0 radical (unpaired) electrons. The van der Waals surface area contributed by atoms with Crippen LogP contribution in [0.5, 0.6) is 0 Å². The van der Waals surface area contributed by atoms with Crippen LogP contribution in [0.3, 0.4) is 0 Å². The summed E-state index contributed by atoms with van der Waals surface area (Å²) in [5.41, 5.74) is 2.68. The van der Waals surface area contributed by atoms with E-state index in [1.165, 1.54) is 5.01 Å². The first-order valence-corrected chi connectivity index (χ1v) is 2.94. The Kier molecular flexibility index (Phi) is 1.97. The Morgan fingerprint density at radius 2 is 1.78 bits per heavy atom. The molecule has 1 rings (SSSR count). The van der Waals surface area contributed by atoms with Crippen molar-refractivity contribution in [3.8, 4) is 0 Å². The fourth-order valence-electron chi connectivity index (χ4n) is 0.907. The van der Waals surface area contributed by atoms with Crippen molar-refractivity contribution in [2.24, 2.45) is 0 Å². The Morgan fingerprint density at radius 1 is 1.33 bits per heavy atom. The van der Waals surface area contributed by atoms with Crippen LogP contribution in [0.1, 0.15) is 0 Å². The summed E-state index contributed by atoms with van der Waals surface area (Å²) in [5, 5.41) is 1.52. The van der Waals surface area contributed by atoms with Crippen LogP contribution in [0.25, 0.3) is 0 Å². The number of alkyl halides is 2. The SMILES string of the molecule is CNN1C[C@@H](F)[C@H](F)C1. The summed E-state index contributed by atoms with van der Waals surface area (Å²) in [5.74, 6) is 0. The van der Waals surface area contributed by atoms with E-state index in [-0.39, 0.29) is 13.1 Å². The van der Waals surface area contributed by atoms with Gasteiger partial charge in [0.25, 0.3) is 0 Å². The summed E-state index contributed by atoms with van der Waals surface area (Å²) in [6.07, 6.45) is -2.62. The van der Waals surface area contributed by atoms with Crippen LogP contribution in [-0.2, 0) is 0 Å². The molecule has 4 heteroatoms. The van der Waals surface area contributed by atoms with Gasteiger partial charge in [-0.25, -0.2) is 13.8 Å². The van der Waals surface area contributed by atoms with Gasteiger partial charge in [-0.05, 0) is 7.05 Å². The fourth-order valence-corrected chi connectivity index (χ4v) is 0.907. The van der Waals surface area contributed by atoms with Crippen LogP contribution in [0.2, 0.25) is 0 Å². The van der Waals surface area contributed by atoms with Gasteiger partial charge in [-0.1, -0.05) is 0 Å². The molecule has 54 valence electrons. The van der Waals surface area contributed by atoms with Crippen LogP contribution in [-0.4, -0.2) is 37.5 Å². The lowest BCUT2D eigenvalue weighted by Crippen LogP contribution is -2.33. The molecule has 9 heavy (non-hydrogen) atoms. The van der Waals surface area contributed by atoms with Gasteiger partial charge in [0.05, 0.1) is 0 Å². The van der Waals surface area contributed by atoms with Gasteiger partial charge < -0.3 is 0 Å². The fraction of sp³-hybridized carbons (Fsp3) is 1.00. The molecule has 0 aromatic heterocycles. The van der Waals surface area contributed by atoms with Crippen molar-refractivity contribution in [1.82, 2.24) is 10.4 Å². The summed E-state index contributed by atoms with van der Waals surface area (Å²) < 4.78 is 24.6. The summed E-state index contributed by atoms with van der Waals surface area (Å²) in [6.45, 7) is 0.329. The highest BCUT2D eigenvalue weighted by Gasteiger charge is 2.31. The summed E-state index contributed by atoms with van der Waals surface area (Å²) >= 11 is 0. The Hall–Kier alpha value is -0.220. The van der Waals surface area contributed by atoms with Crippen LogP contribution in [0, 0.1) is 0 Å². The van der Waals surface area contributed by atoms with Crippen molar-refractivity contribution >= 4 is 0 Å². The lowest BCUT2D eigenvalue weighted by atomic mass is 10.3. The average Bonchev–Trinajstić information content (AvgIpc) is 2.13. The van der Waals surface area contributed by atoms with Gasteiger partial charge in [-0.2, -0.15) is 0 Å². The highest BCUT2D eigenvalue weighted by Crippen LogP contribution is 2.13. The molecule has 2 atom stereocenters. The number of hydrogen-bond acceptors (Lipinski definition) is 2. The second-order valence-corrected chi connectivity index (χ2v) is 2.16. The second-order valence-electron chi connectivity index (χ2n) is 2.16. The van der Waals surface area contributed by atoms with E-state index in [1.54, 1.807) is 7.05 Å². The Balaban J connectivity index is 2.35. The monoisotopic (exact) mass is 136 g/mol. The molecule has 0 bridgehead atoms. The third-order valence-corrected chi connectivity index (χ3v) is 1.50. The summed E-state index contributed by atoms with van der Waals surface area (Å²) in [4.78, 5) is 0. The largest absolute Gasteiger partial charge is 0.258 e. The molecule has 0 unspecified atom stereocenters. The molecular weight excluding hydrogens is 126 g/mol. The average molecular weight is 136 g/mol. The van der Waals surface area contributed by atoms with E-state index >= 15 is 0 Å². The Bertz CT molecular complexity index is 89.0. The molecule has 2 nitrogen and oxygen atoms in total. The number of nitrogens with one attached hydrogen (secondary N) is 1. The summed E-state index contributed by atoms with van der Waals surface area (Å²) in [7, 11) is 1.66. The lowest BCUT2D eigenvalue weighted by molar-refractivity contribution is 0.217. The minimum Gasteiger partial charge on any atom is -0.258 e. The van der Waals surface area contributed by atoms with Crippen molar-refractivity contribution < 1.29 is 8.78 Å². The van der Waals surface area contributed by atoms with E-state index in [9.17, 15) is 8.78 Å². The lowest BCUT2D eigenvalue weighted by Gasteiger charge is -2.10. The predicted octanol–water partition coefficient (Wildman–Crippen LogP) is 0.113. The number of hydrazine groups is 1. The van der Waals surface area contributed by atoms with E-state index < -0.39 is 12.3 Å². The zero-order valence-electron chi connectivity index (χ0n) is 5.27. The van der Waals surface area contributed by atoms with Crippen molar-refractivity contribution in [2.45, 2.75) is 12.3 Å². The molecular formula is C5H10F2N2. The molecule has 1 heterocycles. The van der Waals surface area contributed by atoms with Crippen LogP contribution >= 0.6 is 0 Å². The van der Waals surface area contributed by atoms with Gasteiger partial charge in [0.2, 0.25) is 0 Å². The van der Waals surface area contributed by atoms with Crippen molar-refractivity contribution in [2.75, 3.05) is 20.1 Å². The molecule has 0 amide bonds. The number of halogens is 2. The van der Waals surface area contributed by atoms with E-state index in [2.05, 4.69) is 5.43 Å². The maximum absolute atomic E-state index is 12.3. The van der Waals surface area contributed by atoms with E-state index in [0.29, 0.717) is 0 Å². The van der Waals surface area contributed by atoms with Crippen molar-refractivity contribution in [1.29, 1.82) is 0 Å². The normalized spacial score (nSPS) is 37.7. The highest BCUT2D eigenvalue weighted by molar-refractivity contribution is 4.81. The van der Waals surface area contributed by atoms with Crippen molar-refractivity contribution in [3.63, 3.8) is 0 Å². The molecule has 0 aliphatic carbocycles. The van der Waals surface area contributed by atoms with E-state index in [0.717, 1.165) is 0 Å². The molecule has 0 spiro atoms. The first-order valence-electron chi connectivity index (χ1n) is 2.94. The van der Waals surface area contributed by atoms with Crippen molar-refractivity contribution in [3.05, 3.63) is 0 Å². The topological polar surface area (TPSA) is 15.3 Å². The zero-order valence-corrected chi connectivity index (χ0v) is 5.27. The second kappa shape index (κ2) is 2.58. The zero-order chi connectivity index (χ0) is 6.85. The maximum Gasteiger partial charge on any atom is 0.146 e. The molecule has 0 saturated carbocycles. The van der Waals surface area contributed by atoms with Gasteiger partial charge in [0.1, 0.15) is 12.3 Å². The van der Waals surface area contributed by atoms with Gasteiger partial charge in [-0.15, -0.1) is 0 Å². The van der Waals surface area contributed by atoms with Gasteiger partial charge in [0.15, 0.2) is 0 Å². The standard InChI is InChI=1S/C5H10F2N2/c1-8-9-2-4(6)5(7)3-9/h4-5,8H,2-3H2,1H3/t4-,5-/m1/s1. The Morgan fingerprint density at radius 3 is 2.00 bits per heavy atom. The minimum absolute atomic E-state index is 0.164. The first-order chi connectivity index (χ1) is 4.24. The first kappa shape index (κ1) is 6.89. The van der Waals surface area contributed by atoms with Crippen LogP contribution in [0.4, 0.5) is 8.78 Å². The summed E-state index contributed by atoms with van der Waals surface area (Å²) in [6, 6.07) is 0. The van der Waals surface area contributed by atoms with Crippen LogP contribution < -0.4 is 5.43 Å². The third kappa shape index (κ3) is 1.37. The molecule has 1 aliphatic heterocycles. The van der Waals surface area contributed by atoms with Gasteiger partial charge >= 0.3 is 0 Å². The number of hydrogen-bond donors (Lipinski definition) is 1. The number of rotatable bonds is 1. The molecule has 1 saturated heterocycles. The van der Waals surface area contributed by atoms with Gasteiger partial charge in [0, 0.05) is 13.1 Å². The maximum atomic E-state index is 12.3. The third-order valence-electron chi connectivity index (χ3n) is 1.50. The molecule has 1 aliphatic rings. The minimum atomic E-state index is -1.31. The molecule has 1 fully saturated rings. The van der Waals surface area contributed by atoms with E-state index in [4.69, 9.17) is 0 Å². The molecule has 0 aromatic rings. The van der Waals surface area contributed by atoms with E-state index in [1.807, 2.05) is 0 Å². The quantitative estimate of drug-likeness (QED) is 0.550. The predicted molar refractivity (Wildman–Crippen MR) is 30.4 cm³/mol. The number of nitrogens with zero attached hydrogens (tertiary/aromatic N) is 1. The molecule has 1 N–H and O–H groups in total. The smallest absolute Gasteiger partial charge is 0.146 e.